The second-order valence-corrected chi connectivity index (χ2v) is 9.19. The molecule has 0 aromatic heterocycles. The predicted octanol–water partition coefficient (Wildman–Crippen LogP) is 4.09. The largest absolute Gasteiger partial charge is 0.348 e. The molecule has 0 heterocycles. The minimum absolute atomic E-state index is 0.219. The predicted molar refractivity (Wildman–Crippen MR) is 129 cm³/mol. The average molecular weight is 450 g/mol. The molecule has 32 heavy (non-hydrogen) atoms. The van der Waals surface area contributed by atoms with Gasteiger partial charge in [0.1, 0.15) is 0 Å². The lowest BCUT2D eigenvalue weighted by Gasteiger charge is -2.14. The molecule has 1 amide bonds. The summed E-state index contributed by atoms with van der Waals surface area (Å²) in [5, 5.41) is 4.05. The first-order chi connectivity index (χ1) is 15.3. The minimum atomic E-state index is -3.66. The van der Waals surface area contributed by atoms with Crippen molar-refractivity contribution in [3.8, 4) is 0 Å². The second-order valence-electron chi connectivity index (χ2n) is 7.63. The Labute approximate surface area is 189 Å². The molecule has 6 nitrogen and oxygen atoms in total. The molecular formula is C25H27N3O3S. The van der Waals surface area contributed by atoms with Crippen molar-refractivity contribution in [2.45, 2.75) is 13.1 Å². The number of nitrogens with one attached hydrogen (secondary N) is 2. The quantitative estimate of drug-likeness (QED) is 0.516. The van der Waals surface area contributed by atoms with Crippen LogP contribution in [0, 0.1) is 0 Å². The Hall–Kier alpha value is -3.42. The van der Waals surface area contributed by atoms with Crippen LogP contribution < -0.4 is 10.0 Å². The van der Waals surface area contributed by atoms with E-state index in [1.54, 1.807) is 24.3 Å². The lowest BCUT2D eigenvalue weighted by Crippen LogP contribution is -2.24. The Balaban J connectivity index is 1.59. The maximum absolute atomic E-state index is 12.5. The zero-order chi connectivity index (χ0) is 23.0. The van der Waals surface area contributed by atoms with Gasteiger partial charge in [-0.15, -0.1) is 0 Å². The van der Waals surface area contributed by atoms with Gasteiger partial charge < -0.3 is 10.2 Å². The zero-order valence-corrected chi connectivity index (χ0v) is 19.0. The van der Waals surface area contributed by atoms with Crippen LogP contribution in [-0.2, 0) is 23.1 Å². The van der Waals surface area contributed by atoms with Crippen molar-refractivity contribution in [2.75, 3.05) is 18.8 Å². The van der Waals surface area contributed by atoms with Crippen LogP contribution in [-0.4, -0.2) is 33.3 Å². The van der Waals surface area contributed by atoms with Gasteiger partial charge in [-0.05, 0) is 61.1 Å². The molecule has 0 aliphatic heterocycles. The first-order valence-corrected chi connectivity index (χ1v) is 11.7. The molecule has 3 rings (SSSR count). The van der Waals surface area contributed by atoms with E-state index in [0.717, 1.165) is 28.6 Å². The van der Waals surface area contributed by atoms with E-state index in [0.29, 0.717) is 17.8 Å². The summed E-state index contributed by atoms with van der Waals surface area (Å²) in [6, 6.07) is 23.5. The molecule has 0 spiro atoms. The molecule has 166 valence electrons. The Morgan fingerprint density at radius 1 is 0.875 bits per heavy atom. The van der Waals surface area contributed by atoms with Crippen LogP contribution >= 0.6 is 0 Å². The van der Waals surface area contributed by atoms with Crippen molar-refractivity contribution < 1.29 is 13.2 Å². The van der Waals surface area contributed by atoms with E-state index in [4.69, 9.17) is 0 Å². The molecule has 0 saturated carbocycles. The smallest absolute Gasteiger partial charge is 0.255 e. The molecule has 0 bridgehead atoms. The Kier molecular flexibility index (Phi) is 7.81. The summed E-state index contributed by atoms with van der Waals surface area (Å²) in [6.45, 7) is 1.21. The first kappa shape index (κ1) is 23.2. The van der Waals surface area contributed by atoms with Crippen LogP contribution in [0.4, 0.5) is 5.69 Å². The first-order valence-electron chi connectivity index (χ1n) is 10.2. The van der Waals surface area contributed by atoms with Gasteiger partial charge in [0.2, 0.25) is 0 Å². The van der Waals surface area contributed by atoms with E-state index in [1.807, 2.05) is 62.6 Å². The van der Waals surface area contributed by atoms with Crippen LogP contribution in [0.2, 0.25) is 0 Å². The minimum Gasteiger partial charge on any atom is -0.348 e. The van der Waals surface area contributed by atoms with Crippen LogP contribution in [0.5, 0.6) is 0 Å². The second kappa shape index (κ2) is 10.7. The summed E-state index contributed by atoms with van der Waals surface area (Å²) in [4.78, 5) is 14.6. The van der Waals surface area contributed by atoms with E-state index >= 15 is 0 Å². The number of carbonyl (C=O) groups is 1. The van der Waals surface area contributed by atoms with Gasteiger partial charge in [0, 0.05) is 24.3 Å². The third kappa shape index (κ3) is 7.08. The number of amides is 1. The highest BCUT2D eigenvalue weighted by Gasteiger charge is 2.10. The van der Waals surface area contributed by atoms with Gasteiger partial charge in [-0.25, -0.2) is 8.42 Å². The number of hydrogen-bond donors (Lipinski definition) is 2. The molecule has 7 heteroatoms. The van der Waals surface area contributed by atoms with Crippen molar-refractivity contribution in [2.24, 2.45) is 0 Å². The van der Waals surface area contributed by atoms with Gasteiger partial charge in [0.25, 0.3) is 15.9 Å². The molecule has 0 atom stereocenters. The molecule has 0 aliphatic rings. The summed E-state index contributed by atoms with van der Waals surface area (Å²) in [7, 11) is 0.343. The van der Waals surface area contributed by atoms with Gasteiger partial charge in [-0.2, -0.15) is 0 Å². The number of carbonyl (C=O) groups excluding carboxylic acids is 1. The van der Waals surface area contributed by atoms with E-state index in [9.17, 15) is 13.2 Å². The third-order valence-electron chi connectivity index (χ3n) is 4.69. The lowest BCUT2D eigenvalue weighted by atomic mass is 10.1. The lowest BCUT2D eigenvalue weighted by molar-refractivity contribution is 0.0951. The number of hydrogen-bond acceptors (Lipinski definition) is 4. The number of nitrogens with zero attached hydrogens (tertiary/aromatic N) is 1. The van der Waals surface area contributed by atoms with Gasteiger partial charge in [0.15, 0.2) is 0 Å². The zero-order valence-electron chi connectivity index (χ0n) is 18.2. The Bertz CT molecular complexity index is 1170. The van der Waals surface area contributed by atoms with E-state index in [2.05, 4.69) is 21.0 Å². The Morgan fingerprint density at radius 2 is 1.50 bits per heavy atom. The van der Waals surface area contributed by atoms with Crippen LogP contribution in [0.25, 0.3) is 6.08 Å². The fourth-order valence-corrected chi connectivity index (χ4v) is 3.99. The normalized spacial score (nSPS) is 11.6. The van der Waals surface area contributed by atoms with Gasteiger partial charge >= 0.3 is 0 Å². The monoisotopic (exact) mass is 449 g/mol. The van der Waals surface area contributed by atoms with Gasteiger partial charge in [0.05, 0.1) is 5.41 Å². The maximum Gasteiger partial charge on any atom is 0.255 e. The summed E-state index contributed by atoms with van der Waals surface area (Å²) >= 11 is 0. The third-order valence-corrected chi connectivity index (χ3v) is 5.71. The molecule has 0 fully saturated rings. The molecule has 0 saturated heterocycles. The number of anilines is 1. The summed E-state index contributed by atoms with van der Waals surface area (Å²) < 4.78 is 27.0. The van der Waals surface area contributed by atoms with E-state index in [-0.39, 0.29) is 5.91 Å². The molecule has 2 N–H and O–H groups in total. The molecular weight excluding hydrogens is 422 g/mol. The van der Waals surface area contributed by atoms with Crippen molar-refractivity contribution >= 4 is 27.7 Å². The molecule has 0 radical (unpaired) electrons. The molecule has 0 aliphatic carbocycles. The number of sulfonamides is 1. The van der Waals surface area contributed by atoms with Crippen molar-refractivity contribution in [1.29, 1.82) is 0 Å². The fourth-order valence-electron chi connectivity index (χ4n) is 3.12. The molecule has 0 unspecified atom stereocenters. The van der Waals surface area contributed by atoms with Crippen molar-refractivity contribution in [3.63, 3.8) is 0 Å². The fraction of sp³-hybridized carbons (Fsp3) is 0.160. The van der Waals surface area contributed by atoms with Crippen LogP contribution in [0.1, 0.15) is 27.0 Å². The highest BCUT2D eigenvalue weighted by atomic mass is 32.2. The maximum atomic E-state index is 12.5. The Morgan fingerprint density at radius 3 is 2.16 bits per heavy atom. The summed E-state index contributed by atoms with van der Waals surface area (Å²) in [6.07, 6.45) is 1.53. The van der Waals surface area contributed by atoms with Crippen LogP contribution in [0.15, 0.2) is 84.3 Å². The average Bonchev–Trinajstić information content (AvgIpc) is 2.77. The number of benzene rings is 3. The van der Waals surface area contributed by atoms with Crippen molar-refractivity contribution in [1.82, 2.24) is 10.2 Å². The van der Waals surface area contributed by atoms with Gasteiger partial charge in [-0.3, -0.25) is 9.52 Å². The highest BCUT2D eigenvalue weighted by molar-refractivity contribution is 7.95. The van der Waals surface area contributed by atoms with Crippen molar-refractivity contribution in [3.05, 3.63) is 107 Å². The summed E-state index contributed by atoms with van der Waals surface area (Å²) in [5.41, 5.74) is 3.85. The van der Waals surface area contributed by atoms with E-state index < -0.39 is 10.0 Å². The van der Waals surface area contributed by atoms with Gasteiger partial charge in [-0.1, -0.05) is 54.6 Å². The number of rotatable bonds is 9. The summed E-state index contributed by atoms with van der Waals surface area (Å²) in [5.74, 6) is -0.219. The highest BCUT2D eigenvalue weighted by Crippen LogP contribution is 2.14. The SMILES string of the molecule is CN(C)Cc1ccccc1CNC(=O)c1ccc(NS(=O)(=O)C=Cc2ccccc2)cc1. The van der Waals surface area contributed by atoms with E-state index in [1.165, 1.54) is 6.08 Å². The molecule has 3 aromatic rings. The molecule has 3 aromatic carbocycles. The van der Waals surface area contributed by atoms with Crippen LogP contribution in [0.3, 0.4) is 0 Å². The standard InChI is InChI=1S/C25H27N3O3S/c1-28(2)19-23-11-7-6-10-22(23)18-26-25(29)21-12-14-24(15-13-21)27-32(30,31)17-16-20-8-4-3-5-9-20/h3-17,27H,18-19H2,1-2H3,(H,26,29). The topological polar surface area (TPSA) is 78.5 Å².